The molecule has 35 heteroatoms. The standard InChI is InChI=1S/C21H28N2O4S.2C13H18ClNO2S.C13H19NO3S.C8H11NO2.C2Cl2O2.C2H6O.CO2.CO.2ClH/c1-6-27-20(24)16-12-28-19-14(10-21(2,3)11-15(19)23-16)22-13-7-8-17(25-4)18(9-13)26-5;2*1-4-17-12(16)10-7-18-11-8(14)5-13(2,3)6-9(11)15-10;1-4-17-12(16)9-7-18-11-8(14-9)5-13(2,3)6-10(11)15;1-10-7-4-3-6(9)5-8(7)11-2;3-1(5)2(4)6;1-2-3;2-1-3;1-2;;/h7-9,16,22H,6,10-12H2,1-5H3;2*5,10,15H,4,6-7H2,1-3H3;9,14H,4-7H2,1-3H3;3-5H,9H2,1-2H3;;3H,2H2,1H3;;;2*1H. The molecule has 0 spiro atoms. The number of benzene rings is 2. The van der Waals surface area contributed by atoms with Gasteiger partial charge in [-0.25, -0.2) is 19.2 Å². The summed E-state index contributed by atoms with van der Waals surface area (Å²) in [6.07, 6.45) is 9.35. The summed E-state index contributed by atoms with van der Waals surface area (Å²) in [5, 5.41) is 20.2. The van der Waals surface area contributed by atoms with E-state index in [-0.39, 0.29) is 107 Å². The number of aliphatic hydroxyl groups is 1. The third-order valence-electron chi connectivity index (χ3n) is 15.4. The molecular formula is C74H102Cl6N6O19S4. The minimum atomic E-state index is -1.14. The number of nitrogens with two attached hydrogens (primary N) is 1. The second kappa shape index (κ2) is 50.8. The van der Waals surface area contributed by atoms with Gasteiger partial charge in [-0.15, -0.1) is 71.9 Å². The number of anilines is 2. The van der Waals surface area contributed by atoms with Crippen molar-refractivity contribution in [1.29, 1.82) is 0 Å². The number of methoxy groups -OCH3 is 4. The summed E-state index contributed by atoms with van der Waals surface area (Å²) in [5.74, 6) is 4.62. The van der Waals surface area contributed by atoms with Gasteiger partial charge in [-0.1, -0.05) is 90.7 Å². The van der Waals surface area contributed by atoms with E-state index in [0.717, 1.165) is 96.0 Å². The zero-order valence-electron chi connectivity index (χ0n) is 64.3. The number of carbonyl (C=O) groups excluding carboxylic acids is 9. The predicted octanol–water partition coefficient (Wildman–Crippen LogP) is 14.2. The van der Waals surface area contributed by atoms with Crippen molar-refractivity contribution in [3.63, 3.8) is 0 Å². The predicted molar refractivity (Wildman–Crippen MR) is 437 cm³/mol. The Labute approximate surface area is 688 Å². The molecule has 0 fully saturated rings. The monoisotopic (exact) mass is 1720 g/mol. The van der Waals surface area contributed by atoms with Crippen LogP contribution in [-0.2, 0) is 66.8 Å². The fourth-order valence-corrected chi connectivity index (χ4v) is 16.6. The van der Waals surface area contributed by atoms with Gasteiger partial charge in [0.15, 0.2) is 34.8 Å². The Kier molecular flexibility index (Phi) is 47.9. The Morgan fingerprint density at radius 2 is 0.917 bits per heavy atom. The van der Waals surface area contributed by atoms with Crippen LogP contribution in [0.3, 0.4) is 0 Å². The van der Waals surface area contributed by atoms with Gasteiger partial charge in [0, 0.05) is 97.1 Å². The van der Waals surface area contributed by atoms with E-state index in [4.69, 9.17) is 91.2 Å². The van der Waals surface area contributed by atoms with Crippen molar-refractivity contribution in [2.45, 2.75) is 153 Å². The third-order valence-corrected chi connectivity index (χ3v) is 21.7. The van der Waals surface area contributed by atoms with Crippen molar-refractivity contribution in [3.8, 4) is 23.0 Å². The molecule has 8 aliphatic rings. The molecular weight excluding hydrogens is 1620 g/mol. The Hall–Kier alpha value is -6.14. The zero-order valence-corrected chi connectivity index (χ0v) is 72.2. The summed E-state index contributed by atoms with van der Waals surface area (Å²) in [7, 11) is 6.43. The second-order valence-corrected chi connectivity index (χ2v) is 32.3. The number of hydrogen-bond acceptors (Lipinski definition) is 28. The molecule has 4 aliphatic heterocycles. The molecule has 0 aromatic heterocycles. The molecule has 0 radical (unpaired) electrons. The van der Waals surface area contributed by atoms with Crippen molar-refractivity contribution in [1.82, 2.24) is 16.0 Å². The first-order chi connectivity index (χ1) is 50.4. The van der Waals surface area contributed by atoms with Gasteiger partial charge >= 0.3 is 51.8 Å². The molecule has 4 atom stereocenters. The number of esters is 4. The number of ketones is 1. The molecule has 4 heterocycles. The topological polar surface area (TPSA) is 354 Å². The summed E-state index contributed by atoms with van der Waals surface area (Å²) in [5.41, 5.74) is 12.4. The summed E-state index contributed by atoms with van der Waals surface area (Å²) in [6.45, 7) is 32.4. The van der Waals surface area contributed by atoms with Crippen LogP contribution < -0.4 is 45.9 Å². The molecule has 4 unspecified atom stereocenters. The van der Waals surface area contributed by atoms with Crippen molar-refractivity contribution >= 4 is 182 Å². The van der Waals surface area contributed by atoms with Gasteiger partial charge in [-0.3, -0.25) is 19.4 Å². The molecule has 2 aromatic rings. The minimum absolute atomic E-state index is 0. The molecule has 7 N–H and O–H groups in total. The molecule has 0 saturated carbocycles. The number of rotatable bonds is 15. The number of aliphatic hydroxyl groups excluding tert-OH is 1. The first-order valence-electron chi connectivity index (χ1n) is 33.8. The molecule has 4 aliphatic carbocycles. The van der Waals surface area contributed by atoms with E-state index >= 15 is 0 Å². The summed E-state index contributed by atoms with van der Waals surface area (Å²) < 4.78 is 48.6. The van der Waals surface area contributed by atoms with Gasteiger partial charge in [-0.05, 0) is 136 Å². The van der Waals surface area contributed by atoms with Crippen LogP contribution in [0.5, 0.6) is 23.0 Å². The SMILES string of the molecule is CCO.CCOC(=O)C1CSC2=C(CC(C)(C)C=C2Cl)N1.CCOC(=O)C1CSC2=C(CC(C)(C)C=C2Cl)N1.CCOC(=O)C1CSC2=C(CC(C)(C)CC2=O)N1.CCOC(=O)C1CSC2=C(Nc3ccc(OC)c(OC)c3)CC(C)(C)CC2=N1.COc1ccc(N)cc1OC.Cl.Cl.O=C(Cl)C(=O)Cl.O=C=O.[C-]#[O+]. The molecule has 0 amide bonds. The number of fused-ring (bicyclic) bond motifs is 1. The van der Waals surface area contributed by atoms with Crippen LogP contribution in [-0.4, -0.2) is 166 Å². The molecule has 608 valence electrons. The van der Waals surface area contributed by atoms with E-state index < -0.39 is 16.5 Å². The number of Topliss-reactive ketones (excluding diaryl/α,β-unsaturated/α-hetero) is 1. The number of thioether (sulfide) groups is 4. The van der Waals surface area contributed by atoms with Gasteiger partial charge < -0.3 is 70.0 Å². The van der Waals surface area contributed by atoms with Crippen LogP contribution in [0.2, 0.25) is 0 Å². The van der Waals surface area contributed by atoms with E-state index in [1.54, 1.807) is 95.8 Å². The van der Waals surface area contributed by atoms with Crippen molar-refractivity contribution in [2.24, 2.45) is 26.7 Å². The van der Waals surface area contributed by atoms with Gasteiger partial charge in [-0.2, -0.15) is 9.59 Å². The van der Waals surface area contributed by atoms with Gasteiger partial charge in [0.25, 0.3) is 0 Å². The average Bonchev–Trinajstić information content (AvgIpc) is 0.802. The van der Waals surface area contributed by atoms with Crippen LogP contribution in [0.4, 0.5) is 11.4 Å². The van der Waals surface area contributed by atoms with Crippen LogP contribution in [0.1, 0.15) is 129 Å². The van der Waals surface area contributed by atoms with E-state index in [0.29, 0.717) is 84.5 Å². The van der Waals surface area contributed by atoms with E-state index in [1.165, 1.54) is 11.8 Å². The van der Waals surface area contributed by atoms with Gasteiger partial charge in [0.05, 0.1) is 75.5 Å². The summed E-state index contributed by atoms with van der Waals surface area (Å²) in [6, 6.07) is 9.80. The molecule has 0 bridgehead atoms. The van der Waals surface area contributed by atoms with Crippen LogP contribution in [0.15, 0.2) is 106 Å². The Morgan fingerprint density at radius 3 is 1.31 bits per heavy atom. The molecule has 0 saturated heterocycles. The number of nitrogens with one attached hydrogen (secondary N) is 4. The van der Waals surface area contributed by atoms with Crippen molar-refractivity contribution in [2.75, 3.05) is 95.5 Å². The first-order valence-corrected chi connectivity index (χ1v) is 39.3. The third kappa shape index (κ3) is 34.4. The summed E-state index contributed by atoms with van der Waals surface area (Å²) >= 11 is 28.0. The molecule has 10 rings (SSSR count). The fraction of sp³-hybridized carbons (Fsp3) is 0.541. The van der Waals surface area contributed by atoms with Crippen LogP contribution in [0, 0.1) is 28.3 Å². The zero-order chi connectivity index (χ0) is 81.2. The number of carbonyl (C=O) groups is 7. The Bertz CT molecular complexity index is 3580. The van der Waals surface area contributed by atoms with Crippen molar-refractivity contribution < 1.29 is 90.8 Å². The van der Waals surface area contributed by atoms with Crippen LogP contribution in [0.25, 0.3) is 0 Å². The maximum atomic E-state index is 12.1. The van der Waals surface area contributed by atoms with Gasteiger partial charge in [0.2, 0.25) is 0 Å². The van der Waals surface area contributed by atoms with Gasteiger partial charge in [0.1, 0.15) is 18.1 Å². The first kappa shape index (κ1) is 103. The van der Waals surface area contributed by atoms with E-state index in [1.807, 2.05) is 39.0 Å². The van der Waals surface area contributed by atoms with Crippen LogP contribution >= 0.6 is 118 Å². The number of nitrogens with zero attached hydrogens (tertiary/aromatic N) is 1. The molecule has 2 aromatic carbocycles. The molecule has 25 nitrogen and oxygen atoms in total. The number of aliphatic imine (C=N–C) groups is 1. The quantitative estimate of drug-likeness (QED) is 0.0183. The van der Waals surface area contributed by atoms with Crippen molar-refractivity contribution in [3.05, 3.63) is 108 Å². The fourth-order valence-electron chi connectivity index (χ4n) is 11.2. The average molecular weight is 1720 g/mol. The number of ether oxygens (including phenoxy) is 8. The van der Waals surface area contributed by atoms with E-state index in [2.05, 4.69) is 119 Å². The Morgan fingerprint density at radius 1 is 0.560 bits per heavy atom. The Balaban J connectivity index is 0.00000130. The summed E-state index contributed by atoms with van der Waals surface area (Å²) in [4.78, 5) is 103. The van der Waals surface area contributed by atoms with E-state index in [9.17, 15) is 33.6 Å². The number of nitrogen functional groups attached to an aromatic ring is 1. The normalized spacial score (nSPS) is 19.9. The number of halogens is 6. The maximum absolute atomic E-state index is 12.1. The number of allylic oxidation sites excluding steroid dienone is 10. The number of hydrogen-bond donors (Lipinski definition) is 6. The second-order valence-electron chi connectivity index (χ2n) is 26.7. The molecule has 109 heavy (non-hydrogen) atoms.